The van der Waals surface area contributed by atoms with E-state index in [9.17, 15) is 9.90 Å². The van der Waals surface area contributed by atoms with Gasteiger partial charge in [0.15, 0.2) is 0 Å². The van der Waals surface area contributed by atoms with Crippen LogP contribution in [-0.2, 0) is 4.79 Å². The van der Waals surface area contributed by atoms with Crippen molar-refractivity contribution in [2.45, 2.75) is 57.9 Å². The summed E-state index contributed by atoms with van der Waals surface area (Å²) in [6.07, 6.45) is 5.97. The Labute approximate surface area is 116 Å². The van der Waals surface area contributed by atoms with Gasteiger partial charge < -0.3 is 15.7 Å². The highest BCUT2D eigenvalue weighted by Gasteiger charge is 2.41. The number of carbonyl (C=O) groups is 1. The first kappa shape index (κ1) is 14.8. The zero-order valence-corrected chi connectivity index (χ0v) is 12.3. The summed E-state index contributed by atoms with van der Waals surface area (Å²) in [6.45, 7) is 6.09. The third-order valence-electron chi connectivity index (χ3n) is 5.06. The molecule has 0 aromatic rings. The molecule has 1 saturated heterocycles. The maximum absolute atomic E-state index is 12.6. The Morgan fingerprint density at radius 2 is 2.05 bits per heavy atom. The summed E-state index contributed by atoms with van der Waals surface area (Å²) in [5, 5.41) is 16.2. The van der Waals surface area contributed by atoms with Crippen LogP contribution in [0.2, 0.25) is 0 Å². The van der Waals surface area contributed by atoms with Gasteiger partial charge in [-0.2, -0.15) is 0 Å². The van der Waals surface area contributed by atoms with Crippen LogP contribution in [0.4, 0.5) is 0 Å². The fourth-order valence-corrected chi connectivity index (χ4v) is 3.28. The maximum atomic E-state index is 12.6. The molecule has 2 fully saturated rings. The molecule has 0 aromatic heterocycles. The molecule has 3 N–H and O–H groups in total. The van der Waals surface area contributed by atoms with Crippen LogP contribution in [0.15, 0.2) is 0 Å². The van der Waals surface area contributed by atoms with Crippen molar-refractivity contribution in [1.29, 1.82) is 0 Å². The molecular weight excluding hydrogens is 240 g/mol. The normalized spacial score (nSPS) is 39.8. The third-order valence-corrected chi connectivity index (χ3v) is 5.06. The lowest BCUT2D eigenvalue weighted by molar-refractivity contribution is -0.134. The number of aliphatic hydroxyl groups excluding tert-OH is 1. The number of rotatable bonds is 3. The molecule has 1 amide bonds. The van der Waals surface area contributed by atoms with E-state index in [4.69, 9.17) is 0 Å². The van der Waals surface area contributed by atoms with Crippen molar-refractivity contribution in [2.75, 3.05) is 19.7 Å². The lowest BCUT2D eigenvalue weighted by Gasteiger charge is -2.42. The largest absolute Gasteiger partial charge is 0.394 e. The summed E-state index contributed by atoms with van der Waals surface area (Å²) >= 11 is 0. The van der Waals surface area contributed by atoms with Crippen molar-refractivity contribution in [1.82, 2.24) is 10.6 Å². The minimum Gasteiger partial charge on any atom is -0.394 e. The average molecular weight is 268 g/mol. The van der Waals surface area contributed by atoms with Gasteiger partial charge in [-0.3, -0.25) is 4.79 Å². The van der Waals surface area contributed by atoms with E-state index in [2.05, 4.69) is 17.6 Å². The molecule has 1 aliphatic heterocycles. The van der Waals surface area contributed by atoms with Crippen LogP contribution >= 0.6 is 0 Å². The van der Waals surface area contributed by atoms with E-state index >= 15 is 0 Å². The predicted molar refractivity (Wildman–Crippen MR) is 75.8 cm³/mol. The van der Waals surface area contributed by atoms with E-state index in [1.54, 1.807) is 0 Å². The zero-order chi connectivity index (χ0) is 13.9. The first-order valence-electron chi connectivity index (χ1n) is 7.64. The highest BCUT2D eigenvalue weighted by atomic mass is 16.3. The Morgan fingerprint density at radius 3 is 2.58 bits per heavy atom. The van der Waals surface area contributed by atoms with Gasteiger partial charge in [0.2, 0.25) is 5.91 Å². The lowest BCUT2D eigenvalue weighted by atomic mass is 9.75. The molecule has 1 heterocycles. The summed E-state index contributed by atoms with van der Waals surface area (Å²) in [7, 11) is 0. The van der Waals surface area contributed by atoms with Gasteiger partial charge in [0, 0.05) is 6.54 Å². The Bertz CT molecular complexity index is 316. The monoisotopic (exact) mass is 268 g/mol. The number of carbonyl (C=O) groups excluding carboxylic acids is 1. The predicted octanol–water partition coefficient (Wildman–Crippen LogP) is 1.43. The molecule has 1 unspecified atom stereocenters. The Morgan fingerprint density at radius 1 is 1.37 bits per heavy atom. The standard InChI is InChI=1S/C15H28N2O2/c1-12-4-7-15(11-18,8-5-12)17-13(19)14(2)6-3-9-16-10-14/h12,16,18H,3-11H2,1-2H3,(H,17,19). The van der Waals surface area contributed by atoms with Gasteiger partial charge in [0.05, 0.1) is 17.6 Å². The van der Waals surface area contributed by atoms with Crippen molar-refractivity contribution in [3.05, 3.63) is 0 Å². The molecule has 0 radical (unpaired) electrons. The fourth-order valence-electron chi connectivity index (χ4n) is 3.28. The topological polar surface area (TPSA) is 61.4 Å². The SMILES string of the molecule is CC1CCC(CO)(NC(=O)C2(C)CCCNC2)CC1. The molecule has 4 nitrogen and oxygen atoms in total. The summed E-state index contributed by atoms with van der Waals surface area (Å²) in [4.78, 5) is 12.6. The Hall–Kier alpha value is -0.610. The third kappa shape index (κ3) is 3.29. The molecule has 110 valence electrons. The van der Waals surface area contributed by atoms with Gasteiger partial charge in [-0.1, -0.05) is 6.92 Å². The lowest BCUT2D eigenvalue weighted by Crippen LogP contribution is -2.59. The fraction of sp³-hybridized carbons (Fsp3) is 0.933. The van der Waals surface area contributed by atoms with Crippen molar-refractivity contribution >= 4 is 5.91 Å². The molecule has 2 aliphatic rings. The van der Waals surface area contributed by atoms with E-state index in [0.29, 0.717) is 5.92 Å². The summed E-state index contributed by atoms with van der Waals surface area (Å²) in [6, 6.07) is 0. The van der Waals surface area contributed by atoms with Crippen LogP contribution in [0.3, 0.4) is 0 Å². The highest BCUT2D eigenvalue weighted by Crippen LogP contribution is 2.33. The quantitative estimate of drug-likeness (QED) is 0.726. The highest BCUT2D eigenvalue weighted by molar-refractivity contribution is 5.83. The number of hydrogen-bond donors (Lipinski definition) is 3. The van der Waals surface area contributed by atoms with Crippen LogP contribution in [0.25, 0.3) is 0 Å². The summed E-state index contributed by atoms with van der Waals surface area (Å²) in [5.41, 5.74) is -0.687. The van der Waals surface area contributed by atoms with Gasteiger partial charge in [-0.25, -0.2) is 0 Å². The average Bonchev–Trinajstić information content (AvgIpc) is 2.42. The van der Waals surface area contributed by atoms with Gasteiger partial charge in [0.25, 0.3) is 0 Å². The molecular formula is C15H28N2O2. The van der Waals surface area contributed by atoms with E-state index in [-0.39, 0.29) is 23.5 Å². The minimum atomic E-state index is -0.371. The number of nitrogens with one attached hydrogen (secondary N) is 2. The zero-order valence-electron chi connectivity index (χ0n) is 12.3. The molecule has 19 heavy (non-hydrogen) atoms. The van der Waals surface area contributed by atoms with Crippen LogP contribution in [-0.4, -0.2) is 36.2 Å². The maximum Gasteiger partial charge on any atom is 0.227 e. The minimum absolute atomic E-state index is 0.0645. The van der Waals surface area contributed by atoms with E-state index < -0.39 is 0 Å². The molecule has 0 aromatic carbocycles. The first-order chi connectivity index (χ1) is 9.00. The van der Waals surface area contributed by atoms with Crippen molar-refractivity contribution in [3.63, 3.8) is 0 Å². The molecule has 1 aliphatic carbocycles. The van der Waals surface area contributed by atoms with E-state index in [0.717, 1.165) is 51.6 Å². The molecule has 4 heteroatoms. The van der Waals surface area contributed by atoms with Gasteiger partial charge in [0.1, 0.15) is 0 Å². The van der Waals surface area contributed by atoms with Crippen LogP contribution in [0.5, 0.6) is 0 Å². The smallest absolute Gasteiger partial charge is 0.227 e. The van der Waals surface area contributed by atoms with Gasteiger partial charge >= 0.3 is 0 Å². The van der Waals surface area contributed by atoms with Crippen molar-refractivity contribution in [3.8, 4) is 0 Å². The second-order valence-corrected chi connectivity index (χ2v) is 6.92. The second kappa shape index (κ2) is 5.80. The van der Waals surface area contributed by atoms with Gasteiger partial charge in [-0.15, -0.1) is 0 Å². The Kier molecular flexibility index (Phi) is 4.51. The van der Waals surface area contributed by atoms with E-state index in [1.807, 2.05) is 6.92 Å². The Balaban J connectivity index is 1.99. The molecule has 2 rings (SSSR count). The first-order valence-corrected chi connectivity index (χ1v) is 7.64. The van der Waals surface area contributed by atoms with Gasteiger partial charge in [-0.05, 0) is 57.9 Å². The van der Waals surface area contributed by atoms with Crippen molar-refractivity contribution in [2.24, 2.45) is 11.3 Å². The van der Waals surface area contributed by atoms with Crippen LogP contribution in [0.1, 0.15) is 52.4 Å². The molecule has 0 bridgehead atoms. The van der Waals surface area contributed by atoms with Crippen molar-refractivity contribution < 1.29 is 9.90 Å². The number of hydrogen-bond acceptors (Lipinski definition) is 3. The summed E-state index contributed by atoms with van der Waals surface area (Å²) in [5.74, 6) is 0.826. The van der Waals surface area contributed by atoms with Crippen LogP contribution in [0, 0.1) is 11.3 Å². The number of aliphatic hydroxyl groups is 1. The molecule has 1 atom stereocenters. The molecule has 1 saturated carbocycles. The number of amides is 1. The number of piperidine rings is 1. The van der Waals surface area contributed by atoms with Crippen LogP contribution < -0.4 is 10.6 Å². The van der Waals surface area contributed by atoms with E-state index in [1.165, 1.54) is 0 Å². The molecule has 0 spiro atoms. The second-order valence-electron chi connectivity index (χ2n) is 6.92. The summed E-state index contributed by atoms with van der Waals surface area (Å²) < 4.78 is 0.